The number of nitrogens with zero attached hydrogens (tertiary/aromatic N) is 1. The average molecular weight is 286 g/mol. The van der Waals surface area contributed by atoms with Crippen LogP contribution in [0.5, 0.6) is 0 Å². The van der Waals surface area contributed by atoms with Crippen molar-refractivity contribution >= 4 is 16.9 Å². The van der Waals surface area contributed by atoms with Crippen LogP contribution in [0.1, 0.15) is 32.3 Å². The van der Waals surface area contributed by atoms with Gasteiger partial charge in [0.1, 0.15) is 0 Å². The lowest BCUT2D eigenvalue weighted by molar-refractivity contribution is -0.147. The molecular formula is C17H22N2O2. The Morgan fingerprint density at radius 2 is 2.14 bits per heavy atom. The van der Waals surface area contributed by atoms with Gasteiger partial charge in [-0.05, 0) is 49.8 Å². The van der Waals surface area contributed by atoms with Gasteiger partial charge < -0.3 is 15.0 Å². The number of fused-ring (bicyclic) bond motifs is 1. The van der Waals surface area contributed by atoms with Crippen molar-refractivity contribution in [2.75, 3.05) is 0 Å². The van der Waals surface area contributed by atoms with E-state index < -0.39 is 11.4 Å². The number of carbonyl (C=O) groups is 1. The first-order chi connectivity index (χ1) is 9.95. The van der Waals surface area contributed by atoms with Crippen LogP contribution in [0.4, 0.5) is 0 Å². The van der Waals surface area contributed by atoms with Gasteiger partial charge in [0.05, 0.1) is 5.41 Å². The first-order valence-corrected chi connectivity index (χ1v) is 7.50. The Balaban J connectivity index is 1.84. The zero-order valence-electron chi connectivity index (χ0n) is 12.6. The molecule has 1 aliphatic carbocycles. The molecule has 0 atom stereocenters. The average Bonchev–Trinajstić information content (AvgIpc) is 3.19. The zero-order valence-corrected chi connectivity index (χ0v) is 12.6. The second-order valence-corrected chi connectivity index (χ2v) is 6.68. The molecule has 1 aromatic carbocycles. The molecule has 3 rings (SSSR count). The molecule has 1 aliphatic rings. The van der Waals surface area contributed by atoms with Crippen molar-refractivity contribution < 1.29 is 9.90 Å². The molecule has 1 heterocycles. The summed E-state index contributed by atoms with van der Waals surface area (Å²) in [5.74, 6) is -0.768. The summed E-state index contributed by atoms with van der Waals surface area (Å²) >= 11 is 0. The second-order valence-electron chi connectivity index (χ2n) is 6.68. The van der Waals surface area contributed by atoms with Crippen molar-refractivity contribution in [2.45, 2.75) is 45.8 Å². The van der Waals surface area contributed by atoms with Gasteiger partial charge in [0.2, 0.25) is 0 Å². The number of nitrogens with one attached hydrogen (secondary N) is 1. The maximum atomic E-state index is 11.3. The molecule has 2 N–H and O–H groups in total. The standard InChI is InChI=1S/C17H22N2O2/c1-17(2,16(20)21)11-19-8-7-13-4-3-12(9-15(13)19)10-18-14-5-6-14/h3-4,7-9,14,18H,5-6,10-11H2,1-2H3,(H,20,21). The van der Waals surface area contributed by atoms with E-state index in [0.29, 0.717) is 12.6 Å². The van der Waals surface area contributed by atoms with Crippen LogP contribution in [-0.2, 0) is 17.9 Å². The Hall–Kier alpha value is -1.81. The quantitative estimate of drug-likeness (QED) is 0.858. The highest BCUT2D eigenvalue weighted by molar-refractivity contribution is 5.81. The number of carboxylic acid groups (broad SMARTS) is 1. The molecule has 4 heteroatoms. The minimum absolute atomic E-state index is 0.478. The summed E-state index contributed by atoms with van der Waals surface area (Å²) in [6.07, 6.45) is 4.55. The smallest absolute Gasteiger partial charge is 0.310 e. The van der Waals surface area contributed by atoms with Gasteiger partial charge in [-0.2, -0.15) is 0 Å². The van der Waals surface area contributed by atoms with Crippen LogP contribution in [0, 0.1) is 5.41 Å². The SMILES string of the molecule is CC(C)(Cn1ccc2ccc(CNC3CC3)cc21)C(=O)O. The van der Waals surface area contributed by atoms with E-state index in [1.807, 2.05) is 16.8 Å². The van der Waals surface area contributed by atoms with E-state index in [1.165, 1.54) is 18.4 Å². The van der Waals surface area contributed by atoms with Crippen LogP contribution in [0.3, 0.4) is 0 Å². The number of hydrogen-bond donors (Lipinski definition) is 2. The predicted octanol–water partition coefficient (Wildman–Crippen LogP) is 3.00. The van der Waals surface area contributed by atoms with Crippen molar-refractivity contribution in [1.29, 1.82) is 0 Å². The molecule has 0 spiro atoms. The van der Waals surface area contributed by atoms with Gasteiger partial charge in [-0.1, -0.05) is 12.1 Å². The summed E-state index contributed by atoms with van der Waals surface area (Å²) in [5.41, 5.74) is 1.59. The van der Waals surface area contributed by atoms with Gasteiger partial charge in [-0.3, -0.25) is 4.79 Å². The fourth-order valence-corrected chi connectivity index (χ4v) is 2.52. The Morgan fingerprint density at radius 3 is 2.81 bits per heavy atom. The molecule has 0 radical (unpaired) electrons. The summed E-state index contributed by atoms with van der Waals surface area (Å²) in [7, 11) is 0. The second kappa shape index (κ2) is 5.19. The van der Waals surface area contributed by atoms with E-state index in [4.69, 9.17) is 0 Å². The van der Waals surface area contributed by atoms with Crippen molar-refractivity contribution in [1.82, 2.24) is 9.88 Å². The number of hydrogen-bond acceptors (Lipinski definition) is 2. The number of carboxylic acids is 1. The Kier molecular flexibility index (Phi) is 3.49. The van der Waals surface area contributed by atoms with Crippen molar-refractivity contribution in [3.05, 3.63) is 36.0 Å². The zero-order chi connectivity index (χ0) is 15.0. The van der Waals surface area contributed by atoms with E-state index >= 15 is 0 Å². The molecular weight excluding hydrogens is 264 g/mol. The molecule has 1 fully saturated rings. The number of aliphatic carboxylic acids is 1. The lowest BCUT2D eigenvalue weighted by Crippen LogP contribution is -2.28. The molecule has 112 valence electrons. The van der Waals surface area contributed by atoms with E-state index in [9.17, 15) is 9.90 Å². The normalized spacial score (nSPS) is 15.5. The molecule has 2 aromatic rings. The minimum Gasteiger partial charge on any atom is -0.481 e. The fraction of sp³-hybridized carbons (Fsp3) is 0.471. The van der Waals surface area contributed by atoms with E-state index in [-0.39, 0.29) is 0 Å². The van der Waals surface area contributed by atoms with Crippen LogP contribution in [-0.4, -0.2) is 21.7 Å². The first-order valence-electron chi connectivity index (χ1n) is 7.50. The Labute approximate surface area is 124 Å². The highest BCUT2D eigenvalue weighted by Gasteiger charge is 2.28. The van der Waals surface area contributed by atoms with Gasteiger partial charge in [-0.25, -0.2) is 0 Å². The molecule has 1 aromatic heterocycles. The van der Waals surface area contributed by atoms with Gasteiger partial charge in [-0.15, -0.1) is 0 Å². The fourth-order valence-electron chi connectivity index (χ4n) is 2.52. The summed E-state index contributed by atoms with van der Waals surface area (Å²) in [5, 5.41) is 14.0. The molecule has 0 amide bonds. The van der Waals surface area contributed by atoms with E-state index in [0.717, 1.165) is 17.4 Å². The molecule has 4 nitrogen and oxygen atoms in total. The predicted molar refractivity (Wildman–Crippen MR) is 83.2 cm³/mol. The number of benzene rings is 1. The molecule has 0 bridgehead atoms. The third-order valence-corrected chi connectivity index (χ3v) is 4.16. The van der Waals surface area contributed by atoms with Gasteiger partial charge in [0, 0.05) is 30.8 Å². The molecule has 0 unspecified atom stereocenters. The van der Waals surface area contributed by atoms with Crippen LogP contribution in [0.25, 0.3) is 10.9 Å². The van der Waals surface area contributed by atoms with E-state index in [2.05, 4.69) is 23.5 Å². The monoisotopic (exact) mass is 286 g/mol. The van der Waals surface area contributed by atoms with Crippen molar-refractivity contribution in [2.24, 2.45) is 5.41 Å². The number of aromatic nitrogens is 1. The highest BCUT2D eigenvalue weighted by atomic mass is 16.4. The summed E-state index contributed by atoms with van der Waals surface area (Å²) in [6.45, 7) is 4.89. The third-order valence-electron chi connectivity index (χ3n) is 4.16. The third kappa shape index (κ3) is 3.10. The topological polar surface area (TPSA) is 54.3 Å². The van der Waals surface area contributed by atoms with E-state index in [1.54, 1.807) is 13.8 Å². The van der Waals surface area contributed by atoms with Crippen LogP contribution >= 0.6 is 0 Å². The van der Waals surface area contributed by atoms with Gasteiger partial charge >= 0.3 is 5.97 Å². The molecule has 0 saturated heterocycles. The summed E-state index contributed by atoms with van der Waals surface area (Å²) < 4.78 is 2.05. The summed E-state index contributed by atoms with van der Waals surface area (Å²) in [4.78, 5) is 11.3. The van der Waals surface area contributed by atoms with Crippen LogP contribution in [0.15, 0.2) is 30.5 Å². The maximum absolute atomic E-state index is 11.3. The summed E-state index contributed by atoms with van der Waals surface area (Å²) in [6, 6.07) is 9.17. The van der Waals surface area contributed by atoms with Crippen LogP contribution < -0.4 is 5.32 Å². The van der Waals surface area contributed by atoms with Gasteiger partial charge in [0.15, 0.2) is 0 Å². The van der Waals surface area contributed by atoms with Gasteiger partial charge in [0.25, 0.3) is 0 Å². The van der Waals surface area contributed by atoms with Crippen LogP contribution in [0.2, 0.25) is 0 Å². The largest absolute Gasteiger partial charge is 0.481 e. The molecule has 21 heavy (non-hydrogen) atoms. The minimum atomic E-state index is -0.770. The molecule has 1 saturated carbocycles. The van der Waals surface area contributed by atoms with Crippen molar-refractivity contribution in [3.8, 4) is 0 Å². The lowest BCUT2D eigenvalue weighted by Gasteiger charge is -2.20. The highest BCUT2D eigenvalue weighted by Crippen LogP contribution is 2.25. The molecule has 0 aliphatic heterocycles. The Morgan fingerprint density at radius 1 is 1.38 bits per heavy atom. The number of rotatable bonds is 6. The van der Waals surface area contributed by atoms with Crippen molar-refractivity contribution in [3.63, 3.8) is 0 Å². The Bertz CT molecular complexity index is 668. The maximum Gasteiger partial charge on any atom is 0.310 e. The lowest BCUT2D eigenvalue weighted by atomic mass is 9.94. The first kappa shape index (κ1) is 14.1.